The minimum absolute atomic E-state index is 0.0283. The van der Waals surface area contributed by atoms with E-state index in [2.05, 4.69) is 20.8 Å². The van der Waals surface area contributed by atoms with E-state index in [-0.39, 0.29) is 11.9 Å². The molecule has 7 nitrogen and oxygen atoms in total. The smallest absolute Gasteiger partial charge is 0.292 e. The molecule has 18 heavy (non-hydrogen) atoms. The average Bonchev–Trinajstić information content (AvgIpc) is 2.99. The van der Waals surface area contributed by atoms with Gasteiger partial charge in [0, 0.05) is 29.4 Å². The fourth-order valence-corrected chi connectivity index (χ4v) is 2.14. The molecule has 8 heteroatoms. The Bertz CT molecular complexity index is 442. The monoisotopic (exact) mass is 272 g/mol. The van der Waals surface area contributed by atoms with Gasteiger partial charge in [-0.3, -0.25) is 9.00 Å². The maximum atomic E-state index is 11.6. The molecule has 2 N–H and O–H groups in total. The van der Waals surface area contributed by atoms with Crippen LogP contribution >= 0.6 is 0 Å². The zero-order chi connectivity index (χ0) is 13.0. The predicted molar refractivity (Wildman–Crippen MR) is 65.5 cm³/mol. The molecular formula is C10H16N4O3S. The second-order valence-electron chi connectivity index (χ2n) is 4.14. The molecule has 2 heterocycles. The van der Waals surface area contributed by atoms with E-state index in [1.54, 1.807) is 6.26 Å². The maximum Gasteiger partial charge on any atom is 0.292 e. The van der Waals surface area contributed by atoms with E-state index >= 15 is 0 Å². The molecule has 1 aromatic rings. The summed E-state index contributed by atoms with van der Waals surface area (Å²) < 4.78 is 15.9. The van der Waals surface area contributed by atoms with Gasteiger partial charge in [0.1, 0.15) is 0 Å². The standard InChI is InChI=1S/C10H16N4O3S/c1-18(16)6-5-12-9(15)8-13-10(17-14-8)7-3-2-4-11-7/h7,11H,2-6H2,1H3,(H,12,15). The van der Waals surface area contributed by atoms with Crippen molar-refractivity contribution >= 4 is 16.7 Å². The van der Waals surface area contributed by atoms with Gasteiger partial charge in [0.2, 0.25) is 5.89 Å². The summed E-state index contributed by atoms with van der Waals surface area (Å²) in [7, 11) is -0.924. The third kappa shape index (κ3) is 3.36. The van der Waals surface area contributed by atoms with Gasteiger partial charge >= 0.3 is 0 Å². The minimum atomic E-state index is -0.924. The molecule has 1 amide bonds. The highest BCUT2D eigenvalue weighted by Crippen LogP contribution is 2.20. The summed E-state index contributed by atoms with van der Waals surface area (Å²) in [5.74, 6) is 0.506. The van der Waals surface area contributed by atoms with Gasteiger partial charge in [0.25, 0.3) is 11.7 Å². The second-order valence-corrected chi connectivity index (χ2v) is 5.69. The molecule has 0 bridgehead atoms. The first-order valence-corrected chi connectivity index (χ1v) is 7.55. The third-order valence-electron chi connectivity index (χ3n) is 2.68. The van der Waals surface area contributed by atoms with Crippen LogP contribution in [0.1, 0.15) is 35.4 Å². The fraction of sp³-hybridized carbons (Fsp3) is 0.700. The number of hydrogen-bond donors (Lipinski definition) is 2. The van der Waals surface area contributed by atoms with Gasteiger partial charge in [-0.05, 0) is 19.4 Å². The average molecular weight is 272 g/mol. The Balaban J connectivity index is 1.88. The second kappa shape index (κ2) is 6.05. The molecule has 0 saturated carbocycles. The number of nitrogens with zero attached hydrogens (tertiary/aromatic N) is 2. The largest absolute Gasteiger partial charge is 0.348 e. The van der Waals surface area contributed by atoms with E-state index in [1.165, 1.54) is 0 Å². The molecule has 0 radical (unpaired) electrons. The van der Waals surface area contributed by atoms with Crippen LogP contribution in [0.3, 0.4) is 0 Å². The Labute approximate surface area is 107 Å². The number of carbonyl (C=O) groups excluding carboxylic acids is 1. The van der Waals surface area contributed by atoms with Crippen molar-refractivity contribution in [3.8, 4) is 0 Å². The summed E-state index contributed by atoms with van der Waals surface area (Å²) in [5, 5.41) is 9.46. The molecule has 1 fully saturated rings. The van der Waals surface area contributed by atoms with Crippen LogP contribution in [0.4, 0.5) is 0 Å². The summed E-state index contributed by atoms with van der Waals surface area (Å²) in [4.78, 5) is 15.7. The first-order chi connectivity index (χ1) is 8.66. The number of amides is 1. The summed E-state index contributed by atoms with van der Waals surface area (Å²) >= 11 is 0. The molecule has 0 aromatic carbocycles. The highest BCUT2D eigenvalue weighted by Gasteiger charge is 2.24. The Morgan fingerprint density at radius 3 is 3.17 bits per heavy atom. The SMILES string of the molecule is CS(=O)CCNC(=O)c1noc(C2CCCN2)n1. The summed E-state index contributed by atoms with van der Waals surface area (Å²) in [6.45, 7) is 1.27. The fourth-order valence-electron chi connectivity index (χ4n) is 1.75. The molecule has 2 atom stereocenters. The van der Waals surface area contributed by atoms with E-state index in [9.17, 15) is 9.00 Å². The van der Waals surface area contributed by atoms with E-state index in [0.717, 1.165) is 19.4 Å². The summed E-state index contributed by atoms with van der Waals surface area (Å²) in [6, 6.07) is 0.0576. The number of hydrogen-bond acceptors (Lipinski definition) is 6. The Morgan fingerprint density at radius 1 is 1.67 bits per heavy atom. The van der Waals surface area contributed by atoms with Gasteiger partial charge in [0.05, 0.1) is 6.04 Å². The van der Waals surface area contributed by atoms with Gasteiger partial charge in [-0.1, -0.05) is 5.16 Å². The van der Waals surface area contributed by atoms with Crippen molar-refractivity contribution < 1.29 is 13.5 Å². The van der Waals surface area contributed by atoms with Crippen molar-refractivity contribution in [3.05, 3.63) is 11.7 Å². The van der Waals surface area contributed by atoms with Gasteiger partial charge in [-0.25, -0.2) is 0 Å². The Hall–Kier alpha value is -1.28. The van der Waals surface area contributed by atoms with E-state index in [1.807, 2.05) is 0 Å². The van der Waals surface area contributed by atoms with Gasteiger partial charge in [-0.15, -0.1) is 0 Å². The molecule has 1 aromatic heterocycles. The molecule has 0 spiro atoms. The lowest BCUT2D eigenvalue weighted by Crippen LogP contribution is -2.28. The van der Waals surface area contributed by atoms with Crippen molar-refractivity contribution in [1.29, 1.82) is 0 Å². The van der Waals surface area contributed by atoms with E-state index < -0.39 is 16.7 Å². The Kier molecular flexibility index (Phi) is 4.43. The topological polar surface area (TPSA) is 97.1 Å². The van der Waals surface area contributed by atoms with Gasteiger partial charge in [0.15, 0.2) is 0 Å². The molecule has 1 aliphatic heterocycles. The molecular weight excluding hydrogens is 256 g/mol. The van der Waals surface area contributed by atoms with Crippen LogP contribution in [-0.2, 0) is 10.8 Å². The van der Waals surface area contributed by atoms with Crippen LogP contribution in [-0.4, -0.2) is 45.4 Å². The normalized spacial score (nSPS) is 20.8. The van der Waals surface area contributed by atoms with Crippen molar-refractivity contribution in [2.75, 3.05) is 25.1 Å². The summed E-state index contributed by atoms with van der Waals surface area (Å²) in [6.07, 6.45) is 3.60. The molecule has 2 rings (SSSR count). The lowest BCUT2D eigenvalue weighted by atomic mass is 10.2. The first-order valence-electron chi connectivity index (χ1n) is 5.82. The number of rotatable bonds is 5. The summed E-state index contributed by atoms with van der Waals surface area (Å²) in [5.41, 5.74) is 0. The molecule has 1 aliphatic rings. The van der Waals surface area contributed by atoms with Crippen molar-refractivity contribution in [1.82, 2.24) is 20.8 Å². The highest BCUT2D eigenvalue weighted by molar-refractivity contribution is 7.84. The predicted octanol–water partition coefficient (Wildman–Crippen LogP) is -0.398. The molecule has 100 valence electrons. The van der Waals surface area contributed by atoms with Crippen molar-refractivity contribution in [2.24, 2.45) is 0 Å². The highest BCUT2D eigenvalue weighted by atomic mass is 32.2. The number of carbonyl (C=O) groups is 1. The molecule has 0 aliphatic carbocycles. The lowest BCUT2D eigenvalue weighted by molar-refractivity contribution is 0.0943. The van der Waals surface area contributed by atoms with Crippen LogP contribution in [0.2, 0.25) is 0 Å². The van der Waals surface area contributed by atoms with Crippen LogP contribution in [0.5, 0.6) is 0 Å². The van der Waals surface area contributed by atoms with Crippen LogP contribution in [0.25, 0.3) is 0 Å². The zero-order valence-corrected chi connectivity index (χ0v) is 11.0. The van der Waals surface area contributed by atoms with Gasteiger partial charge < -0.3 is 15.2 Å². The molecule has 2 unspecified atom stereocenters. The van der Waals surface area contributed by atoms with Crippen LogP contribution in [0, 0.1) is 0 Å². The number of nitrogens with one attached hydrogen (secondary N) is 2. The van der Waals surface area contributed by atoms with Crippen molar-refractivity contribution in [2.45, 2.75) is 18.9 Å². The third-order valence-corrected chi connectivity index (χ3v) is 3.46. The minimum Gasteiger partial charge on any atom is -0.348 e. The molecule has 1 saturated heterocycles. The number of aromatic nitrogens is 2. The van der Waals surface area contributed by atoms with Crippen LogP contribution < -0.4 is 10.6 Å². The zero-order valence-electron chi connectivity index (χ0n) is 10.1. The maximum absolute atomic E-state index is 11.6. The quantitative estimate of drug-likeness (QED) is 0.757. The lowest BCUT2D eigenvalue weighted by Gasteiger charge is -2.01. The van der Waals surface area contributed by atoms with Crippen LogP contribution in [0.15, 0.2) is 4.52 Å². The van der Waals surface area contributed by atoms with E-state index in [0.29, 0.717) is 18.2 Å². The Morgan fingerprint density at radius 2 is 2.50 bits per heavy atom. The van der Waals surface area contributed by atoms with Crippen molar-refractivity contribution in [3.63, 3.8) is 0 Å². The first kappa shape index (κ1) is 13.2. The van der Waals surface area contributed by atoms with E-state index in [4.69, 9.17) is 4.52 Å². The van der Waals surface area contributed by atoms with Gasteiger partial charge in [-0.2, -0.15) is 4.98 Å².